The van der Waals surface area contributed by atoms with Crippen LogP contribution in [-0.4, -0.2) is 12.6 Å². The molecule has 0 spiro atoms. The summed E-state index contributed by atoms with van der Waals surface area (Å²) >= 11 is 0. The number of hydrogen-bond acceptors (Lipinski definition) is 1. The van der Waals surface area contributed by atoms with Gasteiger partial charge in [0.05, 0.1) is 0 Å². The quantitative estimate of drug-likeness (QED) is 0.661. The molecule has 1 nitrogen and oxygen atoms in total. The van der Waals surface area contributed by atoms with E-state index in [9.17, 15) is 0 Å². The predicted molar refractivity (Wildman–Crippen MR) is 75.2 cm³/mol. The van der Waals surface area contributed by atoms with E-state index in [0.29, 0.717) is 0 Å². The van der Waals surface area contributed by atoms with Crippen molar-refractivity contribution in [3.63, 3.8) is 0 Å². The maximum atomic E-state index is 3.68. The number of hydrogen-bond donors (Lipinski definition) is 1. The first-order valence-electron chi connectivity index (χ1n) is 8.06. The fourth-order valence-corrected chi connectivity index (χ4v) is 4.16. The van der Waals surface area contributed by atoms with Crippen molar-refractivity contribution in [2.75, 3.05) is 6.54 Å². The number of nitrogens with one attached hydrogen (secondary N) is 1. The molecule has 2 rings (SSSR count). The lowest BCUT2D eigenvalue weighted by molar-refractivity contribution is 0.298. The lowest BCUT2D eigenvalue weighted by atomic mass is 9.85. The highest BCUT2D eigenvalue weighted by molar-refractivity contribution is 4.89. The van der Waals surface area contributed by atoms with E-state index in [1.807, 2.05) is 0 Å². The minimum Gasteiger partial charge on any atom is -0.314 e. The first-order valence-corrected chi connectivity index (χ1v) is 8.06. The monoisotopic (exact) mass is 237 g/mol. The minimum atomic E-state index is 0.786. The van der Waals surface area contributed by atoms with E-state index in [2.05, 4.69) is 19.2 Å². The Morgan fingerprint density at radius 1 is 1.18 bits per heavy atom. The third-order valence-corrected chi connectivity index (χ3v) is 5.19. The van der Waals surface area contributed by atoms with Gasteiger partial charge in [-0.15, -0.1) is 0 Å². The van der Waals surface area contributed by atoms with Gasteiger partial charge in [-0.05, 0) is 62.8 Å². The Hall–Kier alpha value is -0.0400. The molecule has 4 unspecified atom stereocenters. The van der Waals surface area contributed by atoms with Gasteiger partial charge in [-0.3, -0.25) is 0 Å². The second-order valence-corrected chi connectivity index (χ2v) is 6.43. The number of rotatable bonds is 8. The molecule has 2 aliphatic carbocycles. The van der Waals surface area contributed by atoms with Crippen molar-refractivity contribution in [2.24, 2.45) is 17.8 Å². The van der Waals surface area contributed by atoms with Crippen LogP contribution in [0.2, 0.25) is 0 Å². The van der Waals surface area contributed by atoms with Crippen LogP contribution >= 0.6 is 0 Å². The highest BCUT2D eigenvalue weighted by Gasteiger charge is 2.38. The average Bonchev–Trinajstić information content (AvgIpc) is 2.95. The molecule has 0 heterocycles. The van der Waals surface area contributed by atoms with Crippen LogP contribution in [0.4, 0.5) is 0 Å². The van der Waals surface area contributed by atoms with Gasteiger partial charge in [-0.2, -0.15) is 0 Å². The van der Waals surface area contributed by atoms with Crippen molar-refractivity contribution in [2.45, 2.75) is 77.7 Å². The van der Waals surface area contributed by atoms with E-state index in [-0.39, 0.29) is 0 Å². The van der Waals surface area contributed by atoms with Gasteiger partial charge in [-0.25, -0.2) is 0 Å². The Balaban J connectivity index is 1.58. The first kappa shape index (κ1) is 13.4. The minimum absolute atomic E-state index is 0.786. The molecule has 17 heavy (non-hydrogen) atoms. The normalized spacial score (nSPS) is 33.2. The summed E-state index contributed by atoms with van der Waals surface area (Å²) in [5.74, 6) is 3.37. The zero-order valence-corrected chi connectivity index (χ0v) is 11.9. The van der Waals surface area contributed by atoms with Crippen LogP contribution in [-0.2, 0) is 0 Å². The van der Waals surface area contributed by atoms with Crippen molar-refractivity contribution >= 4 is 0 Å². The summed E-state index contributed by atoms with van der Waals surface area (Å²) in [7, 11) is 0. The predicted octanol–water partition coefficient (Wildman–Crippen LogP) is 4.37. The van der Waals surface area contributed by atoms with Gasteiger partial charge in [0.15, 0.2) is 0 Å². The SMILES string of the molecule is CCCNC(CC)CCCC1CC2CCC1C2. The zero-order chi connectivity index (χ0) is 12.1. The fraction of sp³-hybridized carbons (Fsp3) is 1.00. The van der Waals surface area contributed by atoms with E-state index in [4.69, 9.17) is 0 Å². The first-order chi connectivity index (χ1) is 8.33. The standard InChI is InChI=1S/C16H31N/c1-3-10-17-16(4-2)7-5-6-14-11-13-8-9-15(14)12-13/h13-17H,3-12H2,1-2H3. The van der Waals surface area contributed by atoms with Gasteiger partial charge in [0.2, 0.25) is 0 Å². The maximum absolute atomic E-state index is 3.68. The Morgan fingerprint density at radius 3 is 2.65 bits per heavy atom. The van der Waals surface area contributed by atoms with Gasteiger partial charge in [0, 0.05) is 6.04 Å². The van der Waals surface area contributed by atoms with Crippen LogP contribution in [0.15, 0.2) is 0 Å². The summed E-state index contributed by atoms with van der Waals surface area (Å²) < 4.78 is 0. The largest absolute Gasteiger partial charge is 0.314 e. The smallest absolute Gasteiger partial charge is 0.00644 e. The highest BCUT2D eigenvalue weighted by Crippen LogP contribution is 2.49. The van der Waals surface area contributed by atoms with Crippen molar-refractivity contribution in [3.8, 4) is 0 Å². The van der Waals surface area contributed by atoms with Gasteiger partial charge in [0.1, 0.15) is 0 Å². The van der Waals surface area contributed by atoms with Crippen LogP contribution in [0.3, 0.4) is 0 Å². The fourth-order valence-electron chi connectivity index (χ4n) is 4.16. The molecule has 100 valence electrons. The average molecular weight is 237 g/mol. The highest BCUT2D eigenvalue weighted by atomic mass is 14.9. The molecule has 0 radical (unpaired) electrons. The molecule has 2 bridgehead atoms. The number of fused-ring (bicyclic) bond motifs is 2. The van der Waals surface area contributed by atoms with E-state index >= 15 is 0 Å². The zero-order valence-electron chi connectivity index (χ0n) is 11.9. The van der Waals surface area contributed by atoms with Crippen molar-refractivity contribution in [3.05, 3.63) is 0 Å². The van der Waals surface area contributed by atoms with Crippen LogP contribution in [0, 0.1) is 17.8 Å². The van der Waals surface area contributed by atoms with Gasteiger partial charge in [-0.1, -0.05) is 33.1 Å². The molecule has 0 aromatic rings. The Morgan fingerprint density at radius 2 is 2.06 bits per heavy atom. The van der Waals surface area contributed by atoms with E-state index in [0.717, 1.165) is 23.8 Å². The van der Waals surface area contributed by atoms with Gasteiger partial charge < -0.3 is 5.32 Å². The molecule has 0 amide bonds. The third kappa shape index (κ3) is 3.71. The second-order valence-electron chi connectivity index (χ2n) is 6.43. The molecule has 0 aromatic carbocycles. The summed E-state index contributed by atoms with van der Waals surface area (Å²) in [6.07, 6.45) is 13.2. The summed E-state index contributed by atoms with van der Waals surface area (Å²) in [5.41, 5.74) is 0. The van der Waals surface area contributed by atoms with E-state index in [1.54, 1.807) is 25.7 Å². The molecule has 1 N–H and O–H groups in total. The van der Waals surface area contributed by atoms with Crippen molar-refractivity contribution in [1.29, 1.82) is 0 Å². The van der Waals surface area contributed by atoms with Crippen LogP contribution in [0.1, 0.15) is 71.6 Å². The molecule has 2 saturated carbocycles. The Labute approximate surface area is 108 Å². The topological polar surface area (TPSA) is 12.0 Å². The Bertz CT molecular complexity index is 214. The Kier molecular flexibility index (Phi) is 5.34. The lowest BCUT2D eigenvalue weighted by Crippen LogP contribution is -2.29. The van der Waals surface area contributed by atoms with Gasteiger partial charge in [0.25, 0.3) is 0 Å². The van der Waals surface area contributed by atoms with Crippen LogP contribution in [0.5, 0.6) is 0 Å². The van der Waals surface area contributed by atoms with Crippen molar-refractivity contribution in [1.82, 2.24) is 5.32 Å². The van der Waals surface area contributed by atoms with Crippen molar-refractivity contribution < 1.29 is 0 Å². The maximum Gasteiger partial charge on any atom is 0.00644 e. The molecular weight excluding hydrogens is 206 g/mol. The van der Waals surface area contributed by atoms with Gasteiger partial charge >= 0.3 is 0 Å². The molecular formula is C16H31N. The molecule has 2 aliphatic rings. The summed E-state index contributed by atoms with van der Waals surface area (Å²) in [6.45, 7) is 5.78. The summed E-state index contributed by atoms with van der Waals surface area (Å²) in [5, 5.41) is 3.68. The molecule has 0 aromatic heterocycles. The molecule has 4 atom stereocenters. The second kappa shape index (κ2) is 6.78. The summed E-state index contributed by atoms with van der Waals surface area (Å²) in [4.78, 5) is 0. The molecule has 1 heteroatoms. The van der Waals surface area contributed by atoms with E-state index in [1.165, 1.54) is 38.6 Å². The third-order valence-electron chi connectivity index (χ3n) is 5.19. The van der Waals surface area contributed by atoms with E-state index < -0.39 is 0 Å². The summed E-state index contributed by atoms with van der Waals surface area (Å²) in [6, 6.07) is 0.786. The molecule has 0 saturated heterocycles. The molecule has 0 aliphatic heterocycles. The lowest BCUT2D eigenvalue weighted by Gasteiger charge is -2.23. The van der Waals surface area contributed by atoms with Crippen LogP contribution in [0.25, 0.3) is 0 Å². The molecule has 2 fully saturated rings. The van der Waals surface area contributed by atoms with Crippen LogP contribution < -0.4 is 5.32 Å².